The Labute approximate surface area is 110 Å². The van der Waals surface area contributed by atoms with Gasteiger partial charge in [-0.3, -0.25) is 9.59 Å². The van der Waals surface area contributed by atoms with Crippen LogP contribution in [0.15, 0.2) is 49.0 Å². The van der Waals surface area contributed by atoms with Crippen LogP contribution in [0.4, 0.5) is 0 Å². The molecule has 2 rings (SSSR count). The van der Waals surface area contributed by atoms with Gasteiger partial charge in [0.15, 0.2) is 0 Å². The molecule has 0 saturated carbocycles. The van der Waals surface area contributed by atoms with Crippen LogP contribution in [0.25, 0.3) is 6.20 Å². The summed E-state index contributed by atoms with van der Waals surface area (Å²) in [7, 11) is 0. The number of aromatic nitrogens is 1. The molecule has 96 valence electrons. The Hall–Kier alpha value is -2.62. The van der Waals surface area contributed by atoms with Gasteiger partial charge >= 0.3 is 5.97 Å². The van der Waals surface area contributed by atoms with Crippen molar-refractivity contribution in [3.63, 3.8) is 0 Å². The molecule has 1 aromatic carbocycles. The van der Waals surface area contributed by atoms with Crippen LogP contribution in [0, 0.1) is 0 Å². The van der Waals surface area contributed by atoms with Crippen LogP contribution in [0.2, 0.25) is 0 Å². The van der Waals surface area contributed by atoms with Gasteiger partial charge in [0.1, 0.15) is 0 Å². The van der Waals surface area contributed by atoms with Crippen molar-refractivity contribution in [1.82, 2.24) is 4.57 Å². The first kappa shape index (κ1) is 12.8. The first-order chi connectivity index (χ1) is 9.13. The number of ketones is 1. The Morgan fingerprint density at radius 2 is 1.84 bits per heavy atom. The van der Waals surface area contributed by atoms with Crippen LogP contribution in [0.5, 0.6) is 0 Å². The minimum absolute atomic E-state index is 0.145. The summed E-state index contributed by atoms with van der Waals surface area (Å²) in [4.78, 5) is 23.1. The number of hydrogen-bond acceptors (Lipinski definition) is 2. The molecule has 0 aliphatic heterocycles. The Balaban J connectivity index is 2.41. The molecule has 4 nitrogen and oxygen atoms in total. The fraction of sp³-hybridized carbons (Fsp3) is 0.0667. The summed E-state index contributed by atoms with van der Waals surface area (Å²) in [5.41, 5.74) is 1.50. The second-order valence-corrected chi connectivity index (χ2v) is 4.03. The molecular weight excluding hydrogens is 242 g/mol. The van der Waals surface area contributed by atoms with Gasteiger partial charge in [-0.05, 0) is 12.1 Å². The molecule has 0 amide bonds. The molecule has 19 heavy (non-hydrogen) atoms. The highest BCUT2D eigenvalue weighted by atomic mass is 16.4. The monoisotopic (exact) mass is 255 g/mol. The summed E-state index contributed by atoms with van der Waals surface area (Å²) in [6.07, 6.45) is 1.31. The molecule has 0 saturated heterocycles. The van der Waals surface area contributed by atoms with Crippen molar-refractivity contribution in [3.05, 3.63) is 66.0 Å². The molecule has 0 aliphatic rings. The van der Waals surface area contributed by atoms with Gasteiger partial charge in [-0.1, -0.05) is 36.9 Å². The van der Waals surface area contributed by atoms with E-state index in [1.807, 2.05) is 6.07 Å². The lowest BCUT2D eigenvalue weighted by Gasteiger charge is -2.06. The fourth-order valence-electron chi connectivity index (χ4n) is 1.93. The zero-order valence-electron chi connectivity index (χ0n) is 10.2. The molecule has 0 fully saturated rings. The average Bonchev–Trinajstić information content (AvgIpc) is 2.80. The zero-order valence-corrected chi connectivity index (χ0v) is 10.2. The Morgan fingerprint density at radius 1 is 1.16 bits per heavy atom. The molecule has 1 heterocycles. The van der Waals surface area contributed by atoms with Gasteiger partial charge in [0.25, 0.3) is 0 Å². The minimum Gasteiger partial charge on any atom is -0.481 e. The van der Waals surface area contributed by atoms with Crippen molar-refractivity contribution >= 4 is 18.0 Å². The lowest BCUT2D eigenvalue weighted by molar-refractivity contribution is -0.136. The smallest absolute Gasteiger partial charge is 0.309 e. The predicted molar refractivity (Wildman–Crippen MR) is 72.0 cm³/mol. The Kier molecular flexibility index (Phi) is 3.61. The van der Waals surface area contributed by atoms with Crippen molar-refractivity contribution in [3.8, 4) is 0 Å². The van der Waals surface area contributed by atoms with E-state index < -0.39 is 5.97 Å². The highest BCUT2D eigenvalue weighted by Gasteiger charge is 2.16. The number of carboxylic acids is 1. The molecule has 0 spiro atoms. The molecule has 1 aromatic heterocycles. The van der Waals surface area contributed by atoms with E-state index >= 15 is 0 Å². The van der Waals surface area contributed by atoms with Crippen LogP contribution >= 0.6 is 0 Å². The maximum atomic E-state index is 12.3. The molecule has 4 heteroatoms. The highest BCUT2D eigenvalue weighted by Crippen LogP contribution is 2.15. The summed E-state index contributed by atoms with van der Waals surface area (Å²) < 4.78 is 1.52. The van der Waals surface area contributed by atoms with Gasteiger partial charge in [0, 0.05) is 17.5 Å². The van der Waals surface area contributed by atoms with E-state index in [-0.39, 0.29) is 12.2 Å². The van der Waals surface area contributed by atoms with Gasteiger partial charge in [0.2, 0.25) is 5.78 Å². The normalized spacial score (nSPS) is 10.1. The first-order valence-corrected chi connectivity index (χ1v) is 5.77. The highest BCUT2D eigenvalue weighted by molar-refractivity contribution is 6.08. The quantitative estimate of drug-likeness (QED) is 0.835. The number of rotatable bonds is 5. The fourth-order valence-corrected chi connectivity index (χ4v) is 1.93. The molecular formula is C15H13NO3. The third-order valence-corrected chi connectivity index (χ3v) is 2.79. The van der Waals surface area contributed by atoms with Crippen LogP contribution < -0.4 is 0 Å². The Bertz CT molecular complexity index is 626. The summed E-state index contributed by atoms with van der Waals surface area (Å²) in [5.74, 6) is -1.10. The number of nitrogens with zero attached hydrogens (tertiary/aromatic N) is 1. The van der Waals surface area contributed by atoms with Crippen molar-refractivity contribution in [1.29, 1.82) is 0 Å². The Morgan fingerprint density at radius 3 is 2.42 bits per heavy atom. The average molecular weight is 255 g/mol. The SMILES string of the molecule is C=Cn1c(CC(=O)O)ccc1C(=O)c1ccccc1. The van der Waals surface area contributed by atoms with Gasteiger partial charge < -0.3 is 9.67 Å². The number of hydrogen-bond donors (Lipinski definition) is 1. The summed E-state index contributed by atoms with van der Waals surface area (Å²) >= 11 is 0. The third kappa shape index (κ3) is 2.63. The maximum Gasteiger partial charge on any atom is 0.309 e. The largest absolute Gasteiger partial charge is 0.481 e. The number of carbonyl (C=O) groups excluding carboxylic acids is 1. The molecule has 2 aromatic rings. The number of carboxylic acid groups (broad SMARTS) is 1. The lowest BCUT2D eigenvalue weighted by Crippen LogP contribution is -2.10. The molecule has 0 atom stereocenters. The van der Waals surface area contributed by atoms with Gasteiger partial charge in [0.05, 0.1) is 12.1 Å². The summed E-state index contributed by atoms with van der Waals surface area (Å²) in [6, 6.07) is 12.1. The molecule has 0 aliphatic carbocycles. The van der Waals surface area contributed by atoms with Gasteiger partial charge in [-0.2, -0.15) is 0 Å². The van der Waals surface area contributed by atoms with Gasteiger partial charge in [-0.15, -0.1) is 0 Å². The van der Waals surface area contributed by atoms with E-state index in [1.54, 1.807) is 36.4 Å². The predicted octanol–water partition coefficient (Wildman–Crippen LogP) is 2.45. The zero-order chi connectivity index (χ0) is 13.8. The minimum atomic E-state index is -0.945. The first-order valence-electron chi connectivity index (χ1n) is 5.77. The van der Waals surface area contributed by atoms with E-state index in [0.29, 0.717) is 17.0 Å². The van der Waals surface area contributed by atoms with Gasteiger partial charge in [-0.25, -0.2) is 0 Å². The van der Waals surface area contributed by atoms with E-state index in [0.717, 1.165) is 0 Å². The van der Waals surface area contributed by atoms with E-state index in [1.165, 1.54) is 10.8 Å². The van der Waals surface area contributed by atoms with Crippen molar-refractivity contribution in [2.24, 2.45) is 0 Å². The van der Waals surface area contributed by atoms with Crippen molar-refractivity contribution < 1.29 is 14.7 Å². The van der Waals surface area contributed by atoms with Crippen LogP contribution in [0.1, 0.15) is 21.7 Å². The van der Waals surface area contributed by atoms with Crippen LogP contribution in [-0.2, 0) is 11.2 Å². The van der Waals surface area contributed by atoms with Crippen molar-refractivity contribution in [2.45, 2.75) is 6.42 Å². The van der Waals surface area contributed by atoms with Crippen LogP contribution in [-0.4, -0.2) is 21.4 Å². The number of benzene rings is 1. The summed E-state index contributed by atoms with van der Waals surface area (Å²) in [6.45, 7) is 3.63. The maximum absolute atomic E-state index is 12.3. The summed E-state index contributed by atoms with van der Waals surface area (Å²) in [5, 5.41) is 8.82. The third-order valence-electron chi connectivity index (χ3n) is 2.79. The van der Waals surface area contributed by atoms with E-state index in [2.05, 4.69) is 6.58 Å². The molecule has 1 N–H and O–H groups in total. The molecule has 0 unspecified atom stereocenters. The number of aliphatic carboxylic acids is 1. The standard InChI is InChI=1S/C15H13NO3/c1-2-16-12(10-14(17)18)8-9-13(16)15(19)11-6-4-3-5-7-11/h2-9H,1,10H2,(H,17,18). The van der Waals surface area contributed by atoms with Crippen LogP contribution in [0.3, 0.4) is 0 Å². The van der Waals surface area contributed by atoms with Crippen molar-refractivity contribution in [2.75, 3.05) is 0 Å². The van der Waals surface area contributed by atoms with E-state index in [9.17, 15) is 9.59 Å². The lowest BCUT2D eigenvalue weighted by atomic mass is 10.1. The second kappa shape index (κ2) is 5.35. The molecule has 0 radical (unpaired) electrons. The number of carbonyl (C=O) groups is 2. The topological polar surface area (TPSA) is 59.3 Å². The van der Waals surface area contributed by atoms with E-state index in [4.69, 9.17) is 5.11 Å². The molecule has 0 bridgehead atoms. The second-order valence-electron chi connectivity index (χ2n) is 4.03.